The number of amides is 1. The van der Waals surface area contributed by atoms with Gasteiger partial charge in [-0.3, -0.25) is 0 Å². The average molecular weight is 216 g/mol. The molecule has 0 radical (unpaired) electrons. The van der Waals surface area contributed by atoms with E-state index in [9.17, 15) is 4.79 Å². The van der Waals surface area contributed by atoms with Crippen LogP contribution in [0.15, 0.2) is 0 Å². The molecule has 0 aromatic heterocycles. The van der Waals surface area contributed by atoms with Crippen LogP contribution in [0.4, 0.5) is 4.79 Å². The Kier molecular flexibility index (Phi) is 8.09. The van der Waals surface area contributed by atoms with Gasteiger partial charge in [0.2, 0.25) is 0 Å². The number of rotatable bonds is 2. The molecular weight excluding hydrogens is 192 g/mol. The molecule has 0 aromatic carbocycles. The van der Waals surface area contributed by atoms with Crippen LogP contribution in [0, 0.1) is 0 Å². The van der Waals surface area contributed by atoms with Gasteiger partial charge in [-0.15, -0.1) is 0 Å². The Labute approximate surface area is 93.2 Å². The van der Waals surface area contributed by atoms with E-state index < -0.39 is 0 Å². The van der Waals surface area contributed by atoms with Crippen LogP contribution in [0.25, 0.3) is 0 Å². The highest BCUT2D eigenvalue weighted by atomic mass is 16.6. The highest BCUT2D eigenvalue weighted by Crippen LogP contribution is 2.02. The molecule has 1 saturated heterocycles. The maximum atomic E-state index is 11.3. The van der Waals surface area contributed by atoms with Crippen molar-refractivity contribution in [2.45, 2.75) is 27.7 Å². The van der Waals surface area contributed by atoms with Gasteiger partial charge in [0.1, 0.15) is 0 Å². The number of nitrogens with zero attached hydrogens (tertiary/aromatic N) is 2. The summed E-state index contributed by atoms with van der Waals surface area (Å²) in [6.07, 6.45) is -0.168. The van der Waals surface area contributed by atoms with Crippen molar-refractivity contribution in [2.75, 3.05) is 39.3 Å². The predicted octanol–water partition coefficient (Wildman–Crippen LogP) is 1.81. The van der Waals surface area contributed by atoms with E-state index in [1.807, 2.05) is 20.8 Å². The SMILES string of the molecule is CC.CCOC(=O)N1CCN(CC)CC1. The van der Waals surface area contributed by atoms with Crippen LogP contribution in [0.5, 0.6) is 0 Å². The molecule has 0 spiro atoms. The van der Waals surface area contributed by atoms with Crippen molar-refractivity contribution in [3.63, 3.8) is 0 Å². The molecule has 0 bridgehead atoms. The lowest BCUT2D eigenvalue weighted by Crippen LogP contribution is -2.48. The van der Waals surface area contributed by atoms with Crippen LogP contribution in [-0.2, 0) is 4.74 Å². The lowest BCUT2D eigenvalue weighted by atomic mass is 10.3. The summed E-state index contributed by atoms with van der Waals surface area (Å²) < 4.78 is 4.92. The average Bonchev–Trinajstić information content (AvgIpc) is 2.32. The number of hydrogen-bond donors (Lipinski definition) is 0. The molecule has 0 saturated carbocycles. The van der Waals surface area contributed by atoms with Crippen molar-refractivity contribution < 1.29 is 9.53 Å². The van der Waals surface area contributed by atoms with Crippen molar-refractivity contribution in [3.05, 3.63) is 0 Å². The fraction of sp³-hybridized carbons (Fsp3) is 0.909. The van der Waals surface area contributed by atoms with E-state index in [-0.39, 0.29) is 6.09 Å². The zero-order valence-corrected chi connectivity index (χ0v) is 10.5. The van der Waals surface area contributed by atoms with E-state index >= 15 is 0 Å². The number of likely N-dealkylation sites (N-methyl/N-ethyl adjacent to an activating group) is 1. The number of carbonyl (C=O) groups excluding carboxylic acids is 1. The molecule has 0 N–H and O–H groups in total. The summed E-state index contributed by atoms with van der Waals surface area (Å²) in [5, 5.41) is 0. The first-order chi connectivity index (χ1) is 7.27. The van der Waals surface area contributed by atoms with Crippen molar-refractivity contribution in [2.24, 2.45) is 0 Å². The number of ether oxygens (including phenoxy) is 1. The molecule has 1 fully saturated rings. The fourth-order valence-corrected chi connectivity index (χ4v) is 1.46. The van der Waals surface area contributed by atoms with Crippen molar-refractivity contribution in [1.29, 1.82) is 0 Å². The van der Waals surface area contributed by atoms with Gasteiger partial charge in [-0.25, -0.2) is 4.79 Å². The molecule has 1 heterocycles. The number of hydrogen-bond acceptors (Lipinski definition) is 3. The van der Waals surface area contributed by atoms with Gasteiger partial charge in [-0.1, -0.05) is 20.8 Å². The maximum absolute atomic E-state index is 11.3. The molecule has 15 heavy (non-hydrogen) atoms. The highest BCUT2D eigenvalue weighted by Gasteiger charge is 2.20. The van der Waals surface area contributed by atoms with Crippen LogP contribution in [0.1, 0.15) is 27.7 Å². The second-order valence-corrected chi connectivity index (χ2v) is 3.12. The van der Waals surface area contributed by atoms with Crippen molar-refractivity contribution in [1.82, 2.24) is 9.80 Å². The minimum Gasteiger partial charge on any atom is -0.450 e. The van der Waals surface area contributed by atoms with Crippen molar-refractivity contribution >= 4 is 6.09 Å². The third-order valence-corrected chi connectivity index (χ3v) is 2.35. The topological polar surface area (TPSA) is 32.8 Å². The Morgan fingerprint density at radius 1 is 1.13 bits per heavy atom. The molecule has 0 unspecified atom stereocenters. The maximum Gasteiger partial charge on any atom is 0.409 e. The van der Waals surface area contributed by atoms with E-state index in [0.29, 0.717) is 6.61 Å². The number of piperazine rings is 1. The van der Waals surface area contributed by atoms with Crippen LogP contribution < -0.4 is 0 Å². The van der Waals surface area contributed by atoms with Gasteiger partial charge in [0.05, 0.1) is 6.61 Å². The van der Waals surface area contributed by atoms with Gasteiger partial charge in [-0.2, -0.15) is 0 Å². The molecule has 1 aliphatic heterocycles. The molecule has 0 aliphatic carbocycles. The molecule has 90 valence electrons. The molecule has 0 atom stereocenters. The Morgan fingerprint density at radius 2 is 1.67 bits per heavy atom. The third kappa shape index (κ3) is 5.02. The lowest BCUT2D eigenvalue weighted by Gasteiger charge is -2.33. The lowest BCUT2D eigenvalue weighted by molar-refractivity contribution is 0.0810. The largest absolute Gasteiger partial charge is 0.450 e. The van der Waals surface area contributed by atoms with Crippen LogP contribution in [0.3, 0.4) is 0 Å². The molecule has 4 heteroatoms. The first-order valence-electron chi connectivity index (χ1n) is 5.92. The summed E-state index contributed by atoms with van der Waals surface area (Å²) >= 11 is 0. The van der Waals surface area contributed by atoms with Gasteiger partial charge in [0.15, 0.2) is 0 Å². The fourth-order valence-electron chi connectivity index (χ4n) is 1.46. The van der Waals surface area contributed by atoms with Crippen molar-refractivity contribution in [3.8, 4) is 0 Å². The summed E-state index contributed by atoms with van der Waals surface area (Å²) in [5.74, 6) is 0. The van der Waals surface area contributed by atoms with Crippen LogP contribution >= 0.6 is 0 Å². The summed E-state index contributed by atoms with van der Waals surface area (Å²) in [5.41, 5.74) is 0. The van der Waals surface area contributed by atoms with Crippen LogP contribution in [0.2, 0.25) is 0 Å². The molecule has 1 amide bonds. The summed E-state index contributed by atoms with van der Waals surface area (Å²) in [6.45, 7) is 13.0. The standard InChI is InChI=1S/C9H18N2O2.C2H6/c1-3-10-5-7-11(8-6-10)9(12)13-4-2;1-2/h3-8H2,1-2H3;1-2H3. The molecule has 0 aromatic rings. The monoisotopic (exact) mass is 216 g/mol. The molecular formula is C11H24N2O2. The Balaban J connectivity index is 0.000000921. The van der Waals surface area contributed by atoms with Gasteiger partial charge in [-0.05, 0) is 13.5 Å². The minimum atomic E-state index is -0.168. The van der Waals surface area contributed by atoms with Gasteiger partial charge in [0, 0.05) is 26.2 Å². The predicted molar refractivity (Wildman–Crippen MR) is 62.1 cm³/mol. The van der Waals surface area contributed by atoms with E-state index in [2.05, 4.69) is 11.8 Å². The van der Waals surface area contributed by atoms with Crippen LogP contribution in [-0.4, -0.2) is 55.2 Å². The smallest absolute Gasteiger partial charge is 0.409 e. The normalized spacial score (nSPS) is 16.7. The first-order valence-corrected chi connectivity index (χ1v) is 5.92. The van der Waals surface area contributed by atoms with E-state index in [0.717, 1.165) is 32.7 Å². The van der Waals surface area contributed by atoms with Gasteiger partial charge < -0.3 is 14.5 Å². The third-order valence-electron chi connectivity index (χ3n) is 2.35. The summed E-state index contributed by atoms with van der Waals surface area (Å²) in [7, 11) is 0. The zero-order chi connectivity index (χ0) is 11.7. The Hall–Kier alpha value is -0.770. The molecule has 1 aliphatic rings. The molecule has 1 rings (SSSR count). The minimum absolute atomic E-state index is 0.168. The summed E-state index contributed by atoms with van der Waals surface area (Å²) in [4.78, 5) is 15.4. The molecule has 4 nitrogen and oxygen atoms in total. The van der Waals surface area contributed by atoms with E-state index in [1.165, 1.54) is 0 Å². The van der Waals surface area contributed by atoms with Gasteiger partial charge in [0.25, 0.3) is 0 Å². The van der Waals surface area contributed by atoms with Gasteiger partial charge >= 0.3 is 6.09 Å². The second kappa shape index (κ2) is 8.53. The Morgan fingerprint density at radius 3 is 2.07 bits per heavy atom. The highest BCUT2D eigenvalue weighted by molar-refractivity contribution is 5.67. The number of carbonyl (C=O) groups is 1. The summed E-state index contributed by atoms with van der Waals surface area (Å²) in [6, 6.07) is 0. The second-order valence-electron chi connectivity index (χ2n) is 3.12. The first kappa shape index (κ1) is 14.2. The van der Waals surface area contributed by atoms with E-state index in [4.69, 9.17) is 4.74 Å². The quantitative estimate of drug-likeness (QED) is 0.705. The Bertz CT molecular complexity index is 166. The van der Waals surface area contributed by atoms with E-state index in [1.54, 1.807) is 4.90 Å². The zero-order valence-electron chi connectivity index (χ0n) is 10.5.